The molecule has 15 heavy (non-hydrogen) atoms. The number of nitrogens with zero attached hydrogens (tertiary/aromatic N) is 1. The van der Waals surface area contributed by atoms with Crippen molar-refractivity contribution in [1.29, 1.82) is 0 Å². The van der Waals surface area contributed by atoms with Crippen molar-refractivity contribution in [3.05, 3.63) is 38.1 Å². The molecule has 0 atom stereocenters. The lowest BCUT2D eigenvalue weighted by Gasteiger charge is -2.08. The summed E-state index contributed by atoms with van der Waals surface area (Å²) in [6.07, 6.45) is -4.77. The van der Waals surface area contributed by atoms with E-state index in [1.807, 2.05) is 0 Å². The van der Waals surface area contributed by atoms with Crippen LogP contribution < -0.4 is 0 Å². The molecule has 0 N–H and O–H groups in total. The molecular weight excluding hydrogens is 286 g/mol. The molecule has 0 heterocycles. The Morgan fingerprint density at radius 3 is 2.27 bits per heavy atom. The molecule has 82 valence electrons. The van der Waals surface area contributed by atoms with E-state index < -0.39 is 32.6 Å². The Bertz CT molecular complexity index is 418. The summed E-state index contributed by atoms with van der Waals surface area (Å²) in [7, 11) is 0. The van der Waals surface area contributed by atoms with Crippen molar-refractivity contribution in [1.82, 2.24) is 0 Å². The number of nitro benzene ring substituents is 1. The molecule has 8 heteroatoms. The van der Waals surface area contributed by atoms with Crippen LogP contribution in [0.4, 0.5) is 23.2 Å². The molecule has 1 aromatic rings. The summed E-state index contributed by atoms with van der Waals surface area (Å²) in [5, 5.41) is 10.3. The molecule has 1 aromatic carbocycles. The third-order valence-corrected chi connectivity index (χ3v) is 2.36. The predicted molar refractivity (Wildman–Crippen MR) is 45.8 cm³/mol. The van der Waals surface area contributed by atoms with Crippen LogP contribution in [0.15, 0.2) is 16.6 Å². The van der Waals surface area contributed by atoms with E-state index in [9.17, 15) is 27.7 Å². The standard InChI is InChI=1S/C7H2BrF4NO2/c8-5-3(7(10,11)12)1-2-4(9)6(5)13(14)15/h1-2H. The normalized spacial score (nSPS) is 11.5. The first-order valence-corrected chi connectivity index (χ1v) is 4.24. The number of nitro groups is 1. The molecule has 0 saturated heterocycles. The Morgan fingerprint density at radius 2 is 1.87 bits per heavy atom. The maximum atomic E-state index is 12.8. The molecule has 0 aliphatic rings. The van der Waals surface area contributed by atoms with E-state index in [0.29, 0.717) is 12.1 Å². The van der Waals surface area contributed by atoms with E-state index >= 15 is 0 Å². The fourth-order valence-electron chi connectivity index (χ4n) is 0.927. The highest BCUT2D eigenvalue weighted by Gasteiger charge is 2.37. The SMILES string of the molecule is O=[N+]([O-])c1c(F)ccc(C(F)(F)F)c1Br. The Morgan fingerprint density at radius 1 is 1.33 bits per heavy atom. The molecule has 0 bridgehead atoms. The van der Waals surface area contributed by atoms with Crippen LogP contribution in [-0.4, -0.2) is 4.92 Å². The molecule has 0 radical (unpaired) electrons. The van der Waals surface area contributed by atoms with Gasteiger partial charge in [-0.2, -0.15) is 17.6 Å². The molecule has 0 fully saturated rings. The van der Waals surface area contributed by atoms with E-state index in [1.165, 1.54) is 0 Å². The third kappa shape index (κ3) is 2.25. The first kappa shape index (κ1) is 11.9. The molecule has 0 aliphatic carbocycles. The first-order chi connectivity index (χ1) is 6.75. The van der Waals surface area contributed by atoms with Gasteiger partial charge in [0.2, 0.25) is 5.82 Å². The molecule has 0 unspecified atom stereocenters. The van der Waals surface area contributed by atoms with Crippen LogP contribution in [0.3, 0.4) is 0 Å². The van der Waals surface area contributed by atoms with Crippen molar-refractivity contribution in [3.63, 3.8) is 0 Å². The van der Waals surface area contributed by atoms with Gasteiger partial charge in [-0.25, -0.2) is 0 Å². The number of hydrogen-bond donors (Lipinski definition) is 0. The highest BCUT2D eigenvalue weighted by Crippen LogP contribution is 2.40. The van der Waals surface area contributed by atoms with Crippen LogP contribution in [-0.2, 0) is 6.18 Å². The second-order valence-electron chi connectivity index (χ2n) is 2.51. The van der Waals surface area contributed by atoms with Crippen molar-refractivity contribution in [2.75, 3.05) is 0 Å². The Hall–Kier alpha value is -1.18. The van der Waals surface area contributed by atoms with E-state index in [2.05, 4.69) is 15.9 Å². The maximum Gasteiger partial charge on any atom is 0.417 e. The summed E-state index contributed by atoms with van der Waals surface area (Å²) in [5.41, 5.74) is -2.50. The van der Waals surface area contributed by atoms with Gasteiger partial charge in [0, 0.05) is 0 Å². The molecule has 0 aromatic heterocycles. The van der Waals surface area contributed by atoms with Crippen LogP contribution >= 0.6 is 15.9 Å². The van der Waals surface area contributed by atoms with Gasteiger partial charge in [-0.05, 0) is 28.1 Å². The fraction of sp³-hybridized carbons (Fsp3) is 0.143. The molecule has 0 spiro atoms. The Labute approximate surface area is 89.0 Å². The van der Waals surface area contributed by atoms with E-state index in [4.69, 9.17) is 0 Å². The van der Waals surface area contributed by atoms with Gasteiger partial charge < -0.3 is 0 Å². The number of alkyl halides is 3. The zero-order valence-corrected chi connectivity index (χ0v) is 8.39. The lowest BCUT2D eigenvalue weighted by molar-refractivity contribution is -0.388. The number of benzene rings is 1. The van der Waals surface area contributed by atoms with Gasteiger partial charge in [-0.15, -0.1) is 0 Å². The Kier molecular flexibility index (Phi) is 2.98. The first-order valence-electron chi connectivity index (χ1n) is 3.44. The van der Waals surface area contributed by atoms with Crippen molar-refractivity contribution in [2.24, 2.45) is 0 Å². The van der Waals surface area contributed by atoms with Crippen LogP contribution in [0.5, 0.6) is 0 Å². The van der Waals surface area contributed by atoms with Crippen LogP contribution in [0.25, 0.3) is 0 Å². The van der Waals surface area contributed by atoms with Crippen molar-refractivity contribution in [3.8, 4) is 0 Å². The fourth-order valence-corrected chi connectivity index (χ4v) is 1.62. The van der Waals surface area contributed by atoms with Gasteiger partial charge in [0.1, 0.15) is 4.47 Å². The molecular formula is C7H2BrF4NO2. The zero-order valence-electron chi connectivity index (χ0n) is 6.81. The largest absolute Gasteiger partial charge is 0.417 e. The molecule has 0 aliphatic heterocycles. The Balaban J connectivity index is 3.49. The monoisotopic (exact) mass is 287 g/mol. The number of rotatable bonds is 1. The van der Waals surface area contributed by atoms with Gasteiger partial charge >= 0.3 is 11.9 Å². The summed E-state index contributed by atoms with van der Waals surface area (Å²) in [4.78, 5) is 9.08. The zero-order chi connectivity index (χ0) is 11.8. The van der Waals surface area contributed by atoms with Gasteiger partial charge in [0.05, 0.1) is 10.5 Å². The van der Waals surface area contributed by atoms with E-state index in [1.54, 1.807) is 0 Å². The topological polar surface area (TPSA) is 43.1 Å². The second kappa shape index (κ2) is 3.76. The van der Waals surface area contributed by atoms with Gasteiger partial charge in [-0.3, -0.25) is 10.1 Å². The predicted octanol–water partition coefficient (Wildman–Crippen LogP) is 3.52. The second-order valence-corrected chi connectivity index (χ2v) is 3.31. The minimum atomic E-state index is -4.77. The van der Waals surface area contributed by atoms with Gasteiger partial charge in [-0.1, -0.05) is 0 Å². The summed E-state index contributed by atoms with van der Waals surface area (Å²) in [6.45, 7) is 0. The van der Waals surface area contributed by atoms with Crippen molar-refractivity contribution >= 4 is 21.6 Å². The van der Waals surface area contributed by atoms with Gasteiger partial charge in [0.15, 0.2) is 0 Å². The van der Waals surface area contributed by atoms with Crippen molar-refractivity contribution in [2.45, 2.75) is 6.18 Å². The highest BCUT2D eigenvalue weighted by molar-refractivity contribution is 9.10. The van der Waals surface area contributed by atoms with Crippen molar-refractivity contribution < 1.29 is 22.5 Å². The lowest BCUT2D eigenvalue weighted by Crippen LogP contribution is -2.08. The quantitative estimate of drug-likeness (QED) is 0.451. The highest BCUT2D eigenvalue weighted by atomic mass is 79.9. The summed E-state index contributed by atoms with van der Waals surface area (Å²) in [5.74, 6) is -1.32. The van der Waals surface area contributed by atoms with E-state index in [0.717, 1.165) is 0 Å². The average Bonchev–Trinajstić information content (AvgIpc) is 2.00. The summed E-state index contributed by atoms with van der Waals surface area (Å²) in [6, 6.07) is 0.845. The lowest BCUT2D eigenvalue weighted by atomic mass is 10.2. The number of halogens is 5. The minimum absolute atomic E-state index is 0.408. The maximum absolute atomic E-state index is 12.8. The molecule has 0 amide bonds. The van der Waals surface area contributed by atoms with Crippen LogP contribution in [0.2, 0.25) is 0 Å². The third-order valence-electron chi connectivity index (χ3n) is 1.55. The molecule has 1 rings (SSSR count). The summed E-state index contributed by atoms with van der Waals surface area (Å²) < 4.78 is 48.7. The molecule has 3 nitrogen and oxygen atoms in total. The van der Waals surface area contributed by atoms with Crippen LogP contribution in [0.1, 0.15) is 5.56 Å². The van der Waals surface area contributed by atoms with Crippen LogP contribution in [0, 0.1) is 15.9 Å². The van der Waals surface area contributed by atoms with E-state index in [-0.39, 0.29) is 0 Å². The van der Waals surface area contributed by atoms with Gasteiger partial charge in [0.25, 0.3) is 0 Å². The summed E-state index contributed by atoms with van der Waals surface area (Å²) >= 11 is 2.37. The smallest absolute Gasteiger partial charge is 0.258 e. The number of hydrogen-bond acceptors (Lipinski definition) is 2. The minimum Gasteiger partial charge on any atom is -0.258 e. The average molecular weight is 288 g/mol. The molecule has 0 saturated carbocycles.